The highest BCUT2D eigenvalue weighted by Crippen LogP contribution is 2.20. The molecule has 1 aliphatic heterocycles. The molecule has 1 fully saturated rings. The Kier molecular flexibility index (Phi) is 8.52. The molecule has 150 valence electrons. The third-order valence-corrected chi connectivity index (χ3v) is 4.82. The Balaban J connectivity index is 0.00000261. The molecule has 0 aliphatic carbocycles. The van der Waals surface area contributed by atoms with Crippen LogP contribution in [0.15, 0.2) is 23.7 Å². The van der Waals surface area contributed by atoms with Crippen LogP contribution in [0.25, 0.3) is 0 Å². The Morgan fingerprint density at radius 1 is 1.37 bits per heavy atom. The second-order valence-electron chi connectivity index (χ2n) is 6.86. The van der Waals surface area contributed by atoms with Crippen LogP contribution in [0.4, 0.5) is 0 Å². The molecule has 8 nitrogen and oxygen atoms in total. The molecule has 0 radical (unpaired) electrons. The van der Waals surface area contributed by atoms with Crippen molar-refractivity contribution in [1.29, 1.82) is 0 Å². The van der Waals surface area contributed by atoms with Crippen LogP contribution in [0.3, 0.4) is 0 Å². The minimum atomic E-state index is 0. The van der Waals surface area contributed by atoms with Gasteiger partial charge in [0, 0.05) is 45.8 Å². The van der Waals surface area contributed by atoms with Crippen LogP contribution in [0, 0.1) is 5.92 Å². The molecule has 0 saturated carbocycles. The smallest absolute Gasteiger partial charge is 0.193 e. The molecule has 3 heterocycles. The predicted molar refractivity (Wildman–Crippen MR) is 117 cm³/mol. The maximum absolute atomic E-state index is 4.83. The molecule has 0 spiro atoms. The third kappa shape index (κ3) is 5.91. The Morgan fingerprint density at radius 3 is 2.93 bits per heavy atom. The second kappa shape index (κ2) is 10.6. The Bertz CT molecular complexity index is 723. The Morgan fingerprint density at radius 2 is 2.22 bits per heavy atom. The summed E-state index contributed by atoms with van der Waals surface area (Å²) in [5.41, 5.74) is 1.32. The lowest BCUT2D eigenvalue weighted by Gasteiger charge is -2.21. The highest BCUT2D eigenvalue weighted by molar-refractivity contribution is 14.0. The third-order valence-electron chi connectivity index (χ3n) is 4.82. The van der Waals surface area contributed by atoms with Gasteiger partial charge in [-0.25, -0.2) is 0 Å². The van der Waals surface area contributed by atoms with Crippen LogP contribution in [-0.2, 0) is 26.4 Å². The number of hydrogen-bond donors (Lipinski definition) is 1. The van der Waals surface area contributed by atoms with Crippen LogP contribution in [0.5, 0.6) is 0 Å². The van der Waals surface area contributed by atoms with Crippen LogP contribution in [0.1, 0.15) is 31.7 Å². The first-order valence-corrected chi connectivity index (χ1v) is 9.57. The number of aromatic nitrogens is 5. The Hall–Kier alpha value is -1.65. The second-order valence-corrected chi connectivity index (χ2v) is 6.86. The van der Waals surface area contributed by atoms with E-state index >= 15 is 0 Å². The molecule has 1 aliphatic rings. The summed E-state index contributed by atoms with van der Waals surface area (Å²) in [7, 11) is 1.97. The van der Waals surface area contributed by atoms with Crippen LogP contribution >= 0.6 is 24.0 Å². The molecule has 9 heteroatoms. The molecular weight excluding hydrogens is 455 g/mol. The van der Waals surface area contributed by atoms with Crippen molar-refractivity contribution in [2.24, 2.45) is 18.0 Å². The minimum Gasteiger partial charge on any atom is -0.357 e. The van der Waals surface area contributed by atoms with Gasteiger partial charge in [-0.05, 0) is 31.2 Å². The van der Waals surface area contributed by atoms with Crippen molar-refractivity contribution in [2.75, 3.05) is 26.2 Å². The van der Waals surface area contributed by atoms with Crippen LogP contribution in [-0.4, -0.2) is 61.6 Å². The SMILES string of the molecule is CCNC(=NCCn1cnnc1CC)N1CCC(Cc2cnn(C)c2)C1.I. The first-order valence-electron chi connectivity index (χ1n) is 9.57. The largest absolute Gasteiger partial charge is 0.357 e. The van der Waals surface area contributed by atoms with Crippen LogP contribution < -0.4 is 5.32 Å². The van der Waals surface area contributed by atoms with Gasteiger partial charge in [-0.3, -0.25) is 9.67 Å². The summed E-state index contributed by atoms with van der Waals surface area (Å²) in [5.74, 6) is 2.70. The van der Waals surface area contributed by atoms with Gasteiger partial charge in [-0.15, -0.1) is 34.2 Å². The van der Waals surface area contributed by atoms with Crippen molar-refractivity contribution in [3.63, 3.8) is 0 Å². The molecule has 27 heavy (non-hydrogen) atoms. The standard InChI is InChI=1S/C18H30N8.HI/c1-4-17-23-21-14-26(17)9-7-20-18(19-5-2)25-8-6-15(13-25)10-16-11-22-24(3)12-16;/h11-12,14-15H,4-10,13H2,1-3H3,(H,19,20);1H. The quantitative estimate of drug-likeness (QED) is 0.367. The number of likely N-dealkylation sites (tertiary alicyclic amines) is 1. The number of nitrogens with zero attached hydrogens (tertiary/aromatic N) is 7. The maximum Gasteiger partial charge on any atom is 0.193 e. The van der Waals surface area contributed by atoms with E-state index in [-0.39, 0.29) is 24.0 Å². The number of hydrogen-bond acceptors (Lipinski definition) is 4. The predicted octanol–water partition coefficient (Wildman–Crippen LogP) is 1.72. The minimum absolute atomic E-state index is 0. The van der Waals surface area contributed by atoms with Crippen molar-refractivity contribution in [2.45, 2.75) is 39.7 Å². The van der Waals surface area contributed by atoms with Gasteiger partial charge in [-0.2, -0.15) is 5.10 Å². The molecule has 1 N–H and O–H groups in total. The average Bonchev–Trinajstić information content (AvgIpc) is 3.36. The fourth-order valence-electron chi connectivity index (χ4n) is 3.53. The summed E-state index contributed by atoms with van der Waals surface area (Å²) in [6.45, 7) is 8.76. The fourth-order valence-corrected chi connectivity index (χ4v) is 3.53. The summed E-state index contributed by atoms with van der Waals surface area (Å²) in [5, 5.41) is 15.8. The average molecular weight is 486 g/mol. The van der Waals surface area contributed by atoms with E-state index in [9.17, 15) is 0 Å². The molecule has 0 aromatic carbocycles. The number of rotatable bonds is 7. The lowest BCUT2D eigenvalue weighted by atomic mass is 10.0. The fraction of sp³-hybridized carbons (Fsp3) is 0.667. The molecule has 0 bridgehead atoms. The maximum atomic E-state index is 4.83. The van der Waals surface area contributed by atoms with Gasteiger partial charge in [0.15, 0.2) is 5.96 Å². The van der Waals surface area contributed by atoms with Gasteiger partial charge in [-0.1, -0.05) is 6.92 Å². The molecule has 3 rings (SSSR count). The monoisotopic (exact) mass is 486 g/mol. The highest BCUT2D eigenvalue weighted by atomic mass is 127. The number of halogens is 1. The van der Waals surface area contributed by atoms with E-state index in [1.807, 2.05) is 17.9 Å². The zero-order valence-corrected chi connectivity index (χ0v) is 18.8. The van der Waals surface area contributed by atoms with Crippen molar-refractivity contribution in [3.8, 4) is 0 Å². The van der Waals surface area contributed by atoms with E-state index in [4.69, 9.17) is 4.99 Å². The number of nitrogens with one attached hydrogen (secondary N) is 1. The summed E-state index contributed by atoms with van der Waals surface area (Å²) < 4.78 is 3.96. The summed E-state index contributed by atoms with van der Waals surface area (Å²) in [4.78, 5) is 7.22. The van der Waals surface area contributed by atoms with E-state index < -0.39 is 0 Å². The molecule has 0 amide bonds. The summed E-state index contributed by atoms with van der Waals surface area (Å²) in [6, 6.07) is 0. The summed E-state index contributed by atoms with van der Waals surface area (Å²) >= 11 is 0. The van der Waals surface area contributed by atoms with Gasteiger partial charge in [0.25, 0.3) is 0 Å². The molecule has 2 aromatic heterocycles. The molecule has 1 saturated heterocycles. The van der Waals surface area contributed by atoms with Gasteiger partial charge < -0.3 is 14.8 Å². The molecular formula is C18H31IN8. The van der Waals surface area contributed by atoms with Crippen molar-refractivity contribution in [3.05, 3.63) is 30.1 Å². The number of guanidine groups is 1. The van der Waals surface area contributed by atoms with E-state index in [0.717, 1.165) is 57.3 Å². The molecule has 1 unspecified atom stereocenters. The Labute approximate surface area is 178 Å². The summed E-state index contributed by atoms with van der Waals surface area (Å²) in [6.07, 6.45) is 9.07. The lowest BCUT2D eigenvalue weighted by Crippen LogP contribution is -2.40. The van der Waals surface area contributed by atoms with Crippen molar-refractivity contribution >= 4 is 29.9 Å². The van der Waals surface area contributed by atoms with Gasteiger partial charge in [0.1, 0.15) is 12.2 Å². The van der Waals surface area contributed by atoms with Gasteiger partial charge in [0.2, 0.25) is 0 Å². The zero-order valence-electron chi connectivity index (χ0n) is 16.5. The van der Waals surface area contributed by atoms with Crippen molar-refractivity contribution < 1.29 is 0 Å². The van der Waals surface area contributed by atoms with Gasteiger partial charge in [0.05, 0.1) is 12.7 Å². The van der Waals surface area contributed by atoms with Crippen molar-refractivity contribution in [1.82, 2.24) is 34.8 Å². The highest BCUT2D eigenvalue weighted by Gasteiger charge is 2.25. The lowest BCUT2D eigenvalue weighted by molar-refractivity contribution is 0.459. The zero-order chi connectivity index (χ0) is 18.4. The number of aliphatic imine (C=N–C) groups is 1. The normalized spacial score (nSPS) is 17.2. The molecule has 2 aromatic rings. The topological polar surface area (TPSA) is 76.2 Å². The number of aryl methyl sites for hydroxylation is 2. The van der Waals surface area contributed by atoms with Crippen LogP contribution in [0.2, 0.25) is 0 Å². The van der Waals surface area contributed by atoms with E-state index in [1.165, 1.54) is 12.0 Å². The first-order chi connectivity index (χ1) is 12.7. The van der Waals surface area contributed by atoms with E-state index in [1.54, 1.807) is 6.33 Å². The first kappa shape index (κ1) is 21.6. The van der Waals surface area contributed by atoms with E-state index in [0.29, 0.717) is 5.92 Å². The molecule has 1 atom stereocenters. The van der Waals surface area contributed by atoms with E-state index in [2.05, 4.69) is 50.1 Å². The van der Waals surface area contributed by atoms with Gasteiger partial charge >= 0.3 is 0 Å².